The second-order valence-corrected chi connectivity index (χ2v) is 15.9. The Morgan fingerprint density at radius 2 is 1.69 bits per heavy atom. The van der Waals surface area contributed by atoms with E-state index >= 15 is 0 Å². The van der Waals surface area contributed by atoms with Gasteiger partial charge in [-0.25, -0.2) is 4.79 Å². The quantitative estimate of drug-likeness (QED) is 0.165. The van der Waals surface area contributed by atoms with Crippen LogP contribution in [-0.2, 0) is 9.53 Å². The topological polar surface area (TPSA) is 66.8 Å². The second-order valence-electron chi connectivity index (χ2n) is 15.9. The van der Waals surface area contributed by atoms with Crippen LogP contribution in [0.2, 0.25) is 0 Å². The van der Waals surface area contributed by atoms with E-state index in [0.29, 0.717) is 12.5 Å². The van der Waals surface area contributed by atoms with Crippen molar-refractivity contribution in [3.8, 4) is 0 Å². The van der Waals surface area contributed by atoms with E-state index < -0.39 is 6.10 Å². The summed E-state index contributed by atoms with van der Waals surface area (Å²) in [5, 5.41) is 22.2. The predicted molar refractivity (Wildman–Crippen MR) is 161 cm³/mol. The van der Waals surface area contributed by atoms with Gasteiger partial charge in [-0.2, -0.15) is 0 Å². The van der Waals surface area contributed by atoms with Crippen molar-refractivity contribution >= 4 is 5.97 Å². The van der Waals surface area contributed by atoms with Crippen LogP contribution >= 0.6 is 0 Å². The Kier molecular flexibility index (Phi) is 9.36. The molecule has 0 heterocycles. The zero-order valence-corrected chi connectivity index (χ0v) is 27.0. The highest BCUT2D eigenvalue weighted by molar-refractivity contribution is 5.82. The van der Waals surface area contributed by atoms with Crippen LogP contribution in [0.4, 0.5) is 0 Å². The number of ether oxygens (including phenoxy) is 1. The third kappa shape index (κ3) is 6.22. The summed E-state index contributed by atoms with van der Waals surface area (Å²) in [4.78, 5) is 12.3. The maximum Gasteiger partial charge on any atom is 0.330 e. The summed E-state index contributed by atoms with van der Waals surface area (Å²) in [6.45, 7) is 23.3. The first-order chi connectivity index (χ1) is 17.9. The van der Waals surface area contributed by atoms with Gasteiger partial charge >= 0.3 is 5.97 Å². The fourth-order valence-corrected chi connectivity index (χ4v) is 8.68. The highest BCUT2D eigenvalue weighted by Crippen LogP contribution is 2.70. The summed E-state index contributed by atoms with van der Waals surface area (Å²) < 4.78 is 5.22. The summed E-state index contributed by atoms with van der Waals surface area (Å²) in [7, 11) is 0. The molecule has 0 aliphatic heterocycles. The summed E-state index contributed by atoms with van der Waals surface area (Å²) in [6, 6.07) is 0. The number of aliphatic hydroxyl groups excluding tert-OH is 2. The van der Waals surface area contributed by atoms with Crippen molar-refractivity contribution in [2.75, 3.05) is 6.61 Å². The minimum Gasteiger partial charge on any atom is -0.463 e. The van der Waals surface area contributed by atoms with Gasteiger partial charge in [0.25, 0.3) is 0 Å². The number of allylic oxidation sites excluding steroid dienone is 2. The lowest BCUT2D eigenvalue weighted by molar-refractivity contribution is -0.137. The molecule has 0 bridgehead atoms. The first-order valence-corrected chi connectivity index (χ1v) is 15.8. The predicted octanol–water partition coefficient (Wildman–Crippen LogP) is 8.41. The Labute approximate surface area is 240 Å². The van der Waals surface area contributed by atoms with E-state index in [0.717, 1.165) is 64.2 Å². The van der Waals surface area contributed by atoms with Crippen LogP contribution < -0.4 is 0 Å². The molecule has 0 aromatic heterocycles. The van der Waals surface area contributed by atoms with Crippen LogP contribution in [0.15, 0.2) is 23.8 Å². The van der Waals surface area contributed by atoms with Crippen molar-refractivity contribution in [1.82, 2.24) is 0 Å². The van der Waals surface area contributed by atoms with Gasteiger partial charge in [-0.05, 0) is 103 Å². The summed E-state index contributed by atoms with van der Waals surface area (Å²) >= 11 is 0. The third-order valence-electron chi connectivity index (χ3n) is 12.4. The SMILES string of the molecule is CCOC(=O)/C=C/[C@@](C)(CCC(C)(C)CC)CC[C@]1(C)C[C@H](O)C=C2[C@@]3(C)CC[C@H](O)C(C)(C)[C@@H]3CC[C@]21C. The van der Waals surface area contributed by atoms with Crippen molar-refractivity contribution in [2.45, 2.75) is 146 Å². The molecule has 39 heavy (non-hydrogen) atoms. The Bertz CT molecular complexity index is 946. The van der Waals surface area contributed by atoms with Gasteiger partial charge in [-0.1, -0.05) is 86.5 Å². The second kappa shape index (κ2) is 11.3. The van der Waals surface area contributed by atoms with Gasteiger partial charge in [-0.3, -0.25) is 0 Å². The first kappa shape index (κ1) is 32.4. The molecule has 0 aromatic carbocycles. The zero-order valence-electron chi connectivity index (χ0n) is 27.0. The van der Waals surface area contributed by atoms with E-state index in [9.17, 15) is 15.0 Å². The molecule has 0 amide bonds. The smallest absolute Gasteiger partial charge is 0.330 e. The summed E-state index contributed by atoms with van der Waals surface area (Å²) in [5.41, 5.74) is 1.41. The van der Waals surface area contributed by atoms with Crippen LogP contribution in [0.1, 0.15) is 133 Å². The number of hydrogen-bond acceptors (Lipinski definition) is 4. The molecule has 4 heteroatoms. The number of esters is 1. The molecule has 3 aliphatic rings. The Morgan fingerprint density at radius 1 is 1.03 bits per heavy atom. The van der Waals surface area contributed by atoms with Gasteiger partial charge < -0.3 is 14.9 Å². The Morgan fingerprint density at radius 3 is 2.31 bits per heavy atom. The number of carbonyl (C=O) groups excluding carboxylic acids is 1. The van der Waals surface area contributed by atoms with Crippen LogP contribution in [0.25, 0.3) is 0 Å². The normalized spacial score (nSPS) is 37.9. The molecule has 224 valence electrons. The van der Waals surface area contributed by atoms with Crippen LogP contribution in [-0.4, -0.2) is 35.0 Å². The molecule has 4 nitrogen and oxygen atoms in total. The van der Waals surface area contributed by atoms with E-state index in [2.05, 4.69) is 74.5 Å². The Hall–Kier alpha value is -1.13. The number of carbonyl (C=O) groups is 1. The average Bonchev–Trinajstić information content (AvgIpc) is 2.85. The molecule has 0 spiro atoms. The van der Waals surface area contributed by atoms with Gasteiger partial charge in [0.05, 0.1) is 18.8 Å². The summed E-state index contributed by atoms with van der Waals surface area (Å²) in [6.07, 6.45) is 15.3. The fourth-order valence-electron chi connectivity index (χ4n) is 8.68. The molecule has 3 rings (SSSR count). The Balaban J connectivity index is 1.92. The van der Waals surface area contributed by atoms with E-state index in [1.54, 1.807) is 6.08 Å². The molecule has 0 aromatic rings. The highest BCUT2D eigenvalue weighted by Gasteiger charge is 2.63. The number of hydrogen-bond donors (Lipinski definition) is 2. The largest absolute Gasteiger partial charge is 0.463 e. The van der Waals surface area contributed by atoms with E-state index in [1.807, 2.05) is 6.92 Å². The zero-order chi connectivity index (χ0) is 29.5. The maximum absolute atomic E-state index is 12.3. The first-order valence-electron chi connectivity index (χ1n) is 15.8. The molecule has 0 radical (unpaired) electrons. The van der Waals surface area contributed by atoms with E-state index in [4.69, 9.17) is 4.74 Å². The van der Waals surface area contributed by atoms with Crippen LogP contribution in [0, 0.1) is 38.4 Å². The van der Waals surface area contributed by atoms with Crippen molar-refractivity contribution in [1.29, 1.82) is 0 Å². The maximum atomic E-state index is 12.3. The van der Waals surface area contributed by atoms with Gasteiger partial charge in [0.15, 0.2) is 0 Å². The number of rotatable bonds is 10. The molecular weight excluding hydrogens is 484 g/mol. The fraction of sp³-hybridized carbons (Fsp3) is 0.857. The summed E-state index contributed by atoms with van der Waals surface area (Å²) in [5.74, 6) is 0.153. The standard InChI is InChI=1S/C35H60O4/c1-11-30(3,4)19-20-32(7,16-15-29(38)39-12-2)21-22-33(8)24-25(36)23-27-34(9)17-14-28(37)31(5,6)26(34)13-18-35(27,33)10/h15-16,23,25-26,28,36-37H,11-14,17-22,24H2,1-10H3/b16-15+/t25-,26+,28+,32+,33-,34+,35-/m1/s1. The highest BCUT2D eigenvalue weighted by atomic mass is 16.5. The average molecular weight is 545 g/mol. The third-order valence-corrected chi connectivity index (χ3v) is 12.4. The molecule has 0 unspecified atom stereocenters. The van der Waals surface area contributed by atoms with Gasteiger partial charge in [0, 0.05) is 6.08 Å². The molecule has 2 saturated carbocycles. The monoisotopic (exact) mass is 544 g/mol. The van der Waals surface area contributed by atoms with Crippen LogP contribution in [0.3, 0.4) is 0 Å². The molecule has 7 atom stereocenters. The lowest BCUT2D eigenvalue weighted by atomic mass is 9.39. The van der Waals surface area contributed by atoms with Gasteiger partial charge in [-0.15, -0.1) is 0 Å². The van der Waals surface area contributed by atoms with Crippen LogP contribution in [0.5, 0.6) is 0 Å². The molecule has 2 fully saturated rings. The number of fused-ring (bicyclic) bond motifs is 3. The van der Waals surface area contributed by atoms with Crippen molar-refractivity contribution in [2.24, 2.45) is 38.4 Å². The molecular formula is C35H60O4. The minimum atomic E-state index is -0.441. The van der Waals surface area contributed by atoms with E-state index in [-0.39, 0.29) is 44.6 Å². The van der Waals surface area contributed by atoms with Crippen molar-refractivity contribution < 1.29 is 19.7 Å². The van der Waals surface area contributed by atoms with Gasteiger partial charge in [0.1, 0.15) is 0 Å². The molecule has 2 N–H and O–H groups in total. The van der Waals surface area contributed by atoms with Crippen molar-refractivity contribution in [3.63, 3.8) is 0 Å². The van der Waals surface area contributed by atoms with Gasteiger partial charge in [0.2, 0.25) is 0 Å². The minimum absolute atomic E-state index is 0.00332. The van der Waals surface area contributed by atoms with E-state index in [1.165, 1.54) is 5.57 Å². The van der Waals surface area contributed by atoms with Crippen molar-refractivity contribution in [3.05, 3.63) is 23.8 Å². The molecule has 0 saturated heterocycles. The lowest BCUT2D eigenvalue weighted by Crippen LogP contribution is -2.59. The molecule has 3 aliphatic carbocycles. The lowest BCUT2D eigenvalue weighted by Gasteiger charge is -2.66. The number of aliphatic hydroxyl groups is 2.